The molecular weight excluding hydrogens is 343 g/mol. The monoisotopic (exact) mass is 352 g/mol. The van der Waals surface area contributed by atoms with Gasteiger partial charge in [0.2, 0.25) is 0 Å². The van der Waals surface area contributed by atoms with Crippen molar-refractivity contribution in [3.8, 4) is 0 Å². The zero-order valence-corrected chi connectivity index (χ0v) is 11.9. The Morgan fingerprint density at radius 2 is 2.04 bits per heavy atom. The zero-order chi connectivity index (χ0) is 18.2. The van der Waals surface area contributed by atoms with Gasteiger partial charge in [0.25, 0.3) is 12.0 Å². The first-order chi connectivity index (χ1) is 11.1. The van der Waals surface area contributed by atoms with Crippen LogP contribution < -0.4 is 5.56 Å². The van der Waals surface area contributed by atoms with E-state index in [9.17, 15) is 36.7 Å². The van der Waals surface area contributed by atoms with Crippen LogP contribution in [0.4, 0.5) is 22.0 Å². The summed E-state index contributed by atoms with van der Waals surface area (Å²) in [7, 11) is 0. The lowest BCUT2D eigenvalue weighted by molar-refractivity contribution is -0.141. The molecule has 0 amide bonds. The predicted octanol–water partition coefficient (Wildman–Crippen LogP) is 2.77. The van der Waals surface area contributed by atoms with Crippen LogP contribution in [0.5, 0.6) is 0 Å². The van der Waals surface area contributed by atoms with Crippen molar-refractivity contribution in [1.29, 1.82) is 0 Å². The minimum absolute atomic E-state index is 0.0991. The summed E-state index contributed by atoms with van der Waals surface area (Å²) >= 11 is 0. The number of esters is 1. The Morgan fingerprint density at radius 1 is 1.42 bits per heavy atom. The van der Waals surface area contributed by atoms with E-state index in [2.05, 4.69) is 9.72 Å². The molecule has 2 heterocycles. The Hall–Kier alpha value is -2.72. The number of hydrogen-bond donors (Lipinski definition) is 1. The molecule has 0 bridgehead atoms. The van der Waals surface area contributed by atoms with Crippen LogP contribution in [0, 0.1) is 0 Å². The highest BCUT2D eigenvalue weighted by atomic mass is 19.4. The second-order valence-electron chi connectivity index (χ2n) is 4.49. The van der Waals surface area contributed by atoms with Crippen LogP contribution in [0.15, 0.2) is 17.1 Å². The first-order valence-electron chi connectivity index (χ1n) is 6.40. The molecule has 2 aromatic rings. The molecule has 2 rings (SSSR count). The van der Waals surface area contributed by atoms with Crippen LogP contribution in [0.3, 0.4) is 0 Å². The lowest BCUT2D eigenvalue weighted by Gasteiger charge is -2.16. The molecule has 0 aliphatic rings. The van der Waals surface area contributed by atoms with E-state index in [-0.39, 0.29) is 11.3 Å². The molecule has 130 valence electrons. The molecule has 0 atom stereocenters. The number of hydrogen-bond acceptors (Lipinski definition) is 5. The van der Waals surface area contributed by atoms with E-state index in [4.69, 9.17) is 0 Å². The number of carbonyl (C=O) groups excluding carboxylic acids is 1. The van der Waals surface area contributed by atoms with Gasteiger partial charge in [0.05, 0.1) is 17.6 Å². The Labute approximate surface area is 130 Å². The number of carbonyl (C=O) groups is 1. The molecule has 0 saturated carbocycles. The minimum atomic E-state index is -5.24. The molecule has 0 fully saturated rings. The van der Waals surface area contributed by atoms with Crippen molar-refractivity contribution in [1.82, 2.24) is 9.71 Å². The van der Waals surface area contributed by atoms with E-state index >= 15 is 0 Å². The van der Waals surface area contributed by atoms with E-state index in [1.165, 1.54) is 6.92 Å². The van der Waals surface area contributed by atoms with Gasteiger partial charge in [0.1, 0.15) is 5.69 Å². The molecule has 6 nitrogen and oxygen atoms in total. The van der Waals surface area contributed by atoms with Crippen molar-refractivity contribution in [3.05, 3.63) is 39.6 Å². The maximum atomic E-state index is 13.2. The summed E-state index contributed by atoms with van der Waals surface area (Å²) in [6.07, 6.45) is -8.16. The highest BCUT2D eigenvalue weighted by Gasteiger charge is 2.41. The van der Waals surface area contributed by atoms with Gasteiger partial charge in [-0.2, -0.15) is 17.9 Å². The number of rotatable bonds is 3. The Kier molecular flexibility index (Phi) is 4.45. The van der Waals surface area contributed by atoms with Crippen LogP contribution in [-0.4, -0.2) is 27.5 Å². The van der Waals surface area contributed by atoms with E-state index in [0.29, 0.717) is 6.20 Å². The smallest absolute Gasteiger partial charge is 0.434 e. The van der Waals surface area contributed by atoms with E-state index in [1.807, 2.05) is 0 Å². The minimum Gasteiger partial charge on any atom is -0.462 e. The zero-order valence-electron chi connectivity index (χ0n) is 11.9. The van der Waals surface area contributed by atoms with Crippen molar-refractivity contribution in [2.75, 3.05) is 6.61 Å². The fraction of sp³-hybridized carbons (Fsp3) is 0.308. The summed E-state index contributed by atoms with van der Waals surface area (Å²) in [6, 6.07) is 0.728. The second kappa shape index (κ2) is 6.06. The van der Waals surface area contributed by atoms with Crippen LogP contribution in [0.25, 0.3) is 10.8 Å². The standard InChI is InChI=1S/C13H9F5N2O4/c1-2-24-12(22)7-5-3-4-20(23)11(21)6(5)8(10(14)15)19-9(7)13(16,17)18/h3-4,10,23H,2H2,1H3. The molecule has 0 aliphatic carbocycles. The van der Waals surface area contributed by atoms with E-state index in [0.717, 1.165) is 6.07 Å². The van der Waals surface area contributed by atoms with Gasteiger partial charge in [0, 0.05) is 11.6 Å². The Morgan fingerprint density at radius 3 is 2.54 bits per heavy atom. The van der Waals surface area contributed by atoms with Gasteiger partial charge in [-0.3, -0.25) is 4.79 Å². The van der Waals surface area contributed by atoms with Gasteiger partial charge in [-0.1, -0.05) is 0 Å². The number of aromatic nitrogens is 2. The normalized spacial score (nSPS) is 12.0. The number of nitrogens with zero attached hydrogens (tertiary/aromatic N) is 2. The largest absolute Gasteiger partial charge is 0.462 e. The lowest BCUT2D eigenvalue weighted by Crippen LogP contribution is -2.24. The molecule has 0 aromatic carbocycles. The van der Waals surface area contributed by atoms with Crippen LogP contribution in [-0.2, 0) is 10.9 Å². The molecule has 2 aromatic heterocycles. The van der Waals surface area contributed by atoms with Crippen LogP contribution in [0.1, 0.15) is 35.1 Å². The lowest BCUT2D eigenvalue weighted by atomic mass is 10.0. The summed E-state index contributed by atoms with van der Waals surface area (Å²) in [5, 5.41) is 7.55. The maximum Gasteiger partial charge on any atom is 0.434 e. The number of alkyl halides is 5. The summed E-state index contributed by atoms with van der Waals surface area (Å²) in [6.45, 7) is 1.04. The molecule has 1 N–H and O–H groups in total. The van der Waals surface area contributed by atoms with Crippen molar-refractivity contribution in [2.24, 2.45) is 0 Å². The number of fused-ring (bicyclic) bond motifs is 1. The third-order valence-corrected chi connectivity index (χ3v) is 3.02. The molecule has 0 aliphatic heterocycles. The summed E-state index contributed by atoms with van der Waals surface area (Å²) in [4.78, 5) is 26.5. The third kappa shape index (κ3) is 2.88. The van der Waals surface area contributed by atoms with Crippen molar-refractivity contribution in [3.63, 3.8) is 0 Å². The highest BCUT2D eigenvalue weighted by Crippen LogP contribution is 2.36. The van der Waals surface area contributed by atoms with Crippen molar-refractivity contribution in [2.45, 2.75) is 19.5 Å². The van der Waals surface area contributed by atoms with Gasteiger partial charge < -0.3 is 9.94 Å². The van der Waals surface area contributed by atoms with Gasteiger partial charge in [-0.15, -0.1) is 0 Å². The van der Waals surface area contributed by atoms with Crippen LogP contribution in [0.2, 0.25) is 0 Å². The third-order valence-electron chi connectivity index (χ3n) is 3.02. The molecule has 0 radical (unpaired) electrons. The molecular formula is C13H9F5N2O4. The fourth-order valence-corrected chi connectivity index (χ4v) is 2.11. The summed E-state index contributed by atoms with van der Waals surface area (Å²) in [5.41, 5.74) is -5.98. The average Bonchev–Trinajstić information content (AvgIpc) is 2.48. The number of ether oxygens (including phenoxy) is 1. The van der Waals surface area contributed by atoms with Crippen molar-refractivity contribution >= 4 is 16.7 Å². The molecule has 11 heteroatoms. The molecule has 0 unspecified atom stereocenters. The van der Waals surface area contributed by atoms with E-state index in [1.54, 1.807) is 0 Å². The molecule has 0 saturated heterocycles. The topological polar surface area (TPSA) is 81.4 Å². The highest BCUT2D eigenvalue weighted by molar-refractivity contribution is 6.06. The fourth-order valence-electron chi connectivity index (χ4n) is 2.11. The predicted molar refractivity (Wildman–Crippen MR) is 69.1 cm³/mol. The summed E-state index contributed by atoms with van der Waals surface area (Å²) < 4.78 is 70.0. The van der Waals surface area contributed by atoms with Gasteiger partial charge in [0.15, 0.2) is 5.69 Å². The SMILES string of the molecule is CCOC(=O)c1c(C(F)(F)F)nc(C(F)F)c2c(=O)n(O)ccc12. The maximum absolute atomic E-state index is 13.2. The van der Waals surface area contributed by atoms with Gasteiger partial charge in [-0.25, -0.2) is 18.6 Å². The number of pyridine rings is 2. The second-order valence-corrected chi connectivity index (χ2v) is 4.49. The Balaban J connectivity index is 3.06. The van der Waals surface area contributed by atoms with Crippen LogP contribution >= 0.6 is 0 Å². The van der Waals surface area contributed by atoms with E-state index < -0.39 is 51.9 Å². The first kappa shape index (κ1) is 17.6. The van der Waals surface area contributed by atoms with Gasteiger partial charge in [-0.05, 0) is 13.0 Å². The average molecular weight is 352 g/mol. The quantitative estimate of drug-likeness (QED) is 0.522. The summed E-state index contributed by atoms with van der Waals surface area (Å²) in [5.74, 6) is -1.47. The van der Waals surface area contributed by atoms with Crippen molar-refractivity contribution < 1.29 is 36.7 Å². The van der Waals surface area contributed by atoms with Gasteiger partial charge >= 0.3 is 12.1 Å². The molecule has 0 spiro atoms. The first-order valence-corrected chi connectivity index (χ1v) is 6.40. The number of halogens is 5. The molecule has 24 heavy (non-hydrogen) atoms. The Bertz CT molecular complexity index is 860.